The summed E-state index contributed by atoms with van der Waals surface area (Å²) >= 11 is 0. The maximum absolute atomic E-state index is 11.9. The van der Waals surface area contributed by atoms with Crippen LogP contribution in [-0.4, -0.2) is 21.5 Å². The number of nitrogens with zero attached hydrogens (tertiary/aromatic N) is 3. The summed E-state index contributed by atoms with van der Waals surface area (Å²) in [4.78, 5) is 31.8. The fourth-order valence-electron chi connectivity index (χ4n) is 1.64. The smallest absolute Gasteiger partial charge is 0.267 e. The molecule has 1 N–H and O–H groups in total. The van der Waals surface area contributed by atoms with Crippen molar-refractivity contribution >= 4 is 23.0 Å². The second-order valence-corrected chi connectivity index (χ2v) is 4.64. The summed E-state index contributed by atoms with van der Waals surface area (Å²) in [7, 11) is 0. The number of hydrogen-bond donors (Lipinski definition) is 1. The van der Waals surface area contributed by atoms with Crippen LogP contribution in [0.1, 0.15) is 43.5 Å². The van der Waals surface area contributed by atoms with Crippen molar-refractivity contribution in [1.29, 1.82) is 0 Å². The molecule has 1 rings (SSSR count). The van der Waals surface area contributed by atoms with Gasteiger partial charge in [0.15, 0.2) is 0 Å². The average molecular weight is 308 g/mol. The van der Waals surface area contributed by atoms with Crippen molar-refractivity contribution in [1.82, 2.24) is 5.43 Å². The Labute approximate surface area is 126 Å². The summed E-state index contributed by atoms with van der Waals surface area (Å²) in [5, 5.41) is 25.4. The highest BCUT2D eigenvalue weighted by Crippen LogP contribution is 2.22. The van der Waals surface area contributed by atoms with Gasteiger partial charge in [0.2, 0.25) is 0 Å². The monoisotopic (exact) mass is 308 g/mol. The maximum Gasteiger partial charge on any atom is 0.277 e. The van der Waals surface area contributed by atoms with Crippen LogP contribution in [-0.2, 0) is 0 Å². The Kier molecular flexibility index (Phi) is 6.11. The molecule has 1 amide bonds. The number of unbranched alkanes of at least 4 members (excludes halogenated alkanes) is 1. The topological polar surface area (TPSA) is 128 Å². The predicted molar refractivity (Wildman–Crippen MR) is 79.9 cm³/mol. The summed E-state index contributed by atoms with van der Waals surface area (Å²) in [5.74, 6) is -0.734. The number of non-ortho nitro benzene ring substituents is 2. The Morgan fingerprint density at radius 3 is 2.18 bits per heavy atom. The summed E-state index contributed by atoms with van der Waals surface area (Å²) < 4.78 is 0. The van der Waals surface area contributed by atoms with Gasteiger partial charge in [-0.15, -0.1) is 0 Å². The average Bonchev–Trinajstić information content (AvgIpc) is 2.49. The first kappa shape index (κ1) is 17.2. The molecular weight excluding hydrogens is 292 g/mol. The molecule has 9 heteroatoms. The standard InChI is InChI=1S/C13H16N4O5/c1-3-4-5-9(2)14-15-13(18)10-6-11(16(19)20)8-12(7-10)17(21)22/h6-8H,3-5H2,1-2H3,(H,15,18)/b14-9+. The quantitative estimate of drug-likeness (QED) is 0.470. The summed E-state index contributed by atoms with van der Waals surface area (Å²) in [5.41, 5.74) is 1.72. The lowest BCUT2D eigenvalue weighted by Gasteiger charge is -2.03. The van der Waals surface area contributed by atoms with Gasteiger partial charge in [0, 0.05) is 17.8 Å². The van der Waals surface area contributed by atoms with Crippen molar-refractivity contribution < 1.29 is 14.6 Å². The lowest BCUT2D eigenvalue weighted by atomic mass is 10.1. The highest BCUT2D eigenvalue weighted by molar-refractivity contribution is 5.96. The molecule has 0 aliphatic carbocycles. The Balaban J connectivity index is 2.97. The first-order chi connectivity index (χ1) is 10.3. The van der Waals surface area contributed by atoms with Crippen LogP contribution in [0.25, 0.3) is 0 Å². The number of carbonyl (C=O) groups excluding carboxylic acids is 1. The van der Waals surface area contributed by atoms with E-state index in [2.05, 4.69) is 10.5 Å². The van der Waals surface area contributed by atoms with Crippen molar-refractivity contribution in [2.75, 3.05) is 0 Å². The van der Waals surface area contributed by atoms with E-state index in [4.69, 9.17) is 0 Å². The molecule has 1 aromatic carbocycles. The third kappa shape index (κ3) is 4.93. The van der Waals surface area contributed by atoms with Crippen LogP contribution in [0.2, 0.25) is 0 Å². The minimum atomic E-state index is -0.792. The largest absolute Gasteiger partial charge is 0.277 e. The second kappa shape index (κ2) is 7.81. The number of carbonyl (C=O) groups is 1. The van der Waals surface area contributed by atoms with Crippen LogP contribution in [0, 0.1) is 20.2 Å². The number of nitrogens with one attached hydrogen (secondary N) is 1. The third-order valence-corrected chi connectivity index (χ3v) is 2.83. The van der Waals surface area contributed by atoms with Crippen LogP contribution in [0.3, 0.4) is 0 Å². The van der Waals surface area contributed by atoms with E-state index in [0.29, 0.717) is 12.1 Å². The van der Waals surface area contributed by atoms with Gasteiger partial charge in [0.1, 0.15) is 0 Å². The van der Waals surface area contributed by atoms with Crippen LogP contribution in [0.4, 0.5) is 11.4 Å². The minimum Gasteiger partial charge on any atom is -0.267 e. The van der Waals surface area contributed by atoms with Crippen LogP contribution < -0.4 is 5.43 Å². The van der Waals surface area contributed by atoms with E-state index < -0.39 is 27.1 Å². The van der Waals surface area contributed by atoms with Crippen LogP contribution in [0.15, 0.2) is 23.3 Å². The molecule has 9 nitrogen and oxygen atoms in total. The molecule has 0 fully saturated rings. The van der Waals surface area contributed by atoms with E-state index in [9.17, 15) is 25.0 Å². The highest BCUT2D eigenvalue weighted by Gasteiger charge is 2.19. The molecule has 0 atom stereocenters. The number of hydrazone groups is 1. The maximum atomic E-state index is 11.9. The summed E-state index contributed by atoms with van der Waals surface area (Å²) in [6.07, 6.45) is 2.62. The van der Waals surface area contributed by atoms with E-state index in [1.54, 1.807) is 6.92 Å². The molecule has 0 aliphatic heterocycles. The number of hydrogen-bond acceptors (Lipinski definition) is 6. The molecule has 118 valence electrons. The van der Waals surface area contributed by atoms with Crippen molar-refractivity contribution in [3.8, 4) is 0 Å². The zero-order valence-corrected chi connectivity index (χ0v) is 12.2. The molecule has 1 aromatic rings. The number of amides is 1. The van der Waals surface area contributed by atoms with Crippen molar-refractivity contribution in [2.45, 2.75) is 33.1 Å². The van der Waals surface area contributed by atoms with Crippen molar-refractivity contribution in [3.05, 3.63) is 44.0 Å². The Morgan fingerprint density at radius 1 is 1.18 bits per heavy atom. The van der Waals surface area contributed by atoms with Crippen LogP contribution >= 0.6 is 0 Å². The fourth-order valence-corrected chi connectivity index (χ4v) is 1.64. The lowest BCUT2D eigenvalue weighted by Crippen LogP contribution is -2.19. The van der Waals surface area contributed by atoms with Gasteiger partial charge in [-0.05, 0) is 19.8 Å². The van der Waals surface area contributed by atoms with Gasteiger partial charge in [-0.1, -0.05) is 13.3 Å². The van der Waals surface area contributed by atoms with Gasteiger partial charge >= 0.3 is 0 Å². The third-order valence-electron chi connectivity index (χ3n) is 2.83. The number of benzene rings is 1. The molecule has 0 aromatic heterocycles. The molecule has 0 unspecified atom stereocenters. The molecule has 0 spiro atoms. The first-order valence-corrected chi connectivity index (χ1v) is 6.62. The molecule has 0 bridgehead atoms. The van der Waals surface area contributed by atoms with Crippen molar-refractivity contribution in [2.24, 2.45) is 5.10 Å². The minimum absolute atomic E-state index is 0.187. The van der Waals surface area contributed by atoms with Gasteiger partial charge in [0.05, 0.1) is 21.5 Å². The SMILES string of the molecule is CCCC/C(C)=N/NC(=O)c1cc([N+](=O)[O-])cc([N+](=O)[O-])c1. The first-order valence-electron chi connectivity index (χ1n) is 6.62. The zero-order valence-electron chi connectivity index (χ0n) is 12.2. The Hall–Kier alpha value is -2.84. The van der Waals surface area contributed by atoms with E-state index >= 15 is 0 Å². The fraction of sp³-hybridized carbons (Fsp3) is 0.385. The number of nitro benzene ring substituents is 2. The molecule has 0 saturated heterocycles. The molecule has 0 radical (unpaired) electrons. The van der Waals surface area contributed by atoms with Gasteiger partial charge in [-0.2, -0.15) is 5.10 Å². The molecule has 0 heterocycles. The van der Waals surface area contributed by atoms with E-state index in [1.165, 1.54) is 0 Å². The Morgan fingerprint density at radius 2 is 1.73 bits per heavy atom. The second-order valence-electron chi connectivity index (χ2n) is 4.64. The Bertz CT molecular complexity index is 595. The van der Waals surface area contributed by atoms with Crippen molar-refractivity contribution in [3.63, 3.8) is 0 Å². The van der Waals surface area contributed by atoms with Gasteiger partial charge < -0.3 is 0 Å². The zero-order chi connectivity index (χ0) is 16.7. The predicted octanol–water partition coefficient (Wildman–Crippen LogP) is 2.80. The summed E-state index contributed by atoms with van der Waals surface area (Å²) in [6, 6.07) is 2.74. The molecular formula is C13H16N4O5. The molecule has 22 heavy (non-hydrogen) atoms. The normalized spacial score (nSPS) is 11.1. The number of rotatable bonds is 7. The number of nitro groups is 2. The highest BCUT2D eigenvalue weighted by atomic mass is 16.6. The molecule has 0 aliphatic rings. The van der Waals surface area contributed by atoms with E-state index in [-0.39, 0.29) is 5.56 Å². The molecule has 0 saturated carbocycles. The van der Waals surface area contributed by atoms with Gasteiger partial charge in [0.25, 0.3) is 17.3 Å². The van der Waals surface area contributed by atoms with Crippen LogP contribution in [0.5, 0.6) is 0 Å². The van der Waals surface area contributed by atoms with Gasteiger partial charge in [-0.25, -0.2) is 5.43 Å². The van der Waals surface area contributed by atoms with E-state index in [1.807, 2.05) is 6.92 Å². The lowest BCUT2D eigenvalue weighted by molar-refractivity contribution is -0.394. The summed E-state index contributed by atoms with van der Waals surface area (Å²) in [6.45, 7) is 3.76. The van der Waals surface area contributed by atoms with Gasteiger partial charge in [-0.3, -0.25) is 25.0 Å². The van der Waals surface area contributed by atoms with E-state index in [0.717, 1.165) is 31.0 Å².